The van der Waals surface area contributed by atoms with Gasteiger partial charge in [0, 0.05) is 30.6 Å². The number of hydrogen-bond acceptors (Lipinski definition) is 5. The van der Waals surface area contributed by atoms with Gasteiger partial charge in [0.1, 0.15) is 6.10 Å². The topological polar surface area (TPSA) is 62.9 Å². The maximum absolute atomic E-state index is 6.15. The Morgan fingerprint density at radius 1 is 1.15 bits per heavy atom. The van der Waals surface area contributed by atoms with Crippen LogP contribution >= 0.6 is 0 Å². The molecule has 0 unspecified atom stereocenters. The lowest BCUT2D eigenvalue weighted by Gasteiger charge is -2.41. The van der Waals surface area contributed by atoms with Gasteiger partial charge in [-0.15, -0.1) is 0 Å². The zero-order valence-corrected chi connectivity index (χ0v) is 11.3. The van der Waals surface area contributed by atoms with Gasteiger partial charge >= 0.3 is 0 Å². The Bertz CT molecular complexity index is 480. The lowest BCUT2D eigenvalue weighted by Crippen LogP contribution is -2.49. The molecule has 5 heteroatoms. The van der Waals surface area contributed by atoms with Crippen molar-refractivity contribution >= 4 is 0 Å². The first-order chi connectivity index (χ1) is 9.79. The van der Waals surface area contributed by atoms with Crippen molar-refractivity contribution in [3.63, 3.8) is 0 Å². The zero-order chi connectivity index (χ0) is 13.7. The van der Waals surface area contributed by atoms with Gasteiger partial charge in [0.25, 0.3) is 0 Å². The average Bonchev–Trinajstić information content (AvgIpc) is 3.19. The molecule has 1 aromatic carbocycles. The summed E-state index contributed by atoms with van der Waals surface area (Å²) in [6, 6.07) is 10.1. The zero-order valence-electron chi connectivity index (χ0n) is 11.3. The highest BCUT2D eigenvalue weighted by atomic mass is 16.7. The molecule has 2 saturated heterocycles. The van der Waals surface area contributed by atoms with Gasteiger partial charge in [-0.2, -0.15) is 0 Å². The summed E-state index contributed by atoms with van der Waals surface area (Å²) in [4.78, 5) is 0. The van der Waals surface area contributed by atoms with Gasteiger partial charge in [-0.1, -0.05) is 30.3 Å². The third-order valence-corrected chi connectivity index (χ3v) is 4.56. The van der Waals surface area contributed by atoms with Crippen LogP contribution in [-0.4, -0.2) is 38.3 Å². The second-order valence-electron chi connectivity index (χ2n) is 5.69. The predicted molar refractivity (Wildman–Crippen MR) is 70.6 cm³/mol. The van der Waals surface area contributed by atoms with Crippen LogP contribution in [0.5, 0.6) is 0 Å². The van der Waals surface area contributed by atoms with E-state index in [0.29, 0.717) is 12.5 Å². The number of methoxy groups -OCH3 is 1. The Balaban J connectivity index is 1.52. The third kappa shape index (κ3) is 1.89. The van der Waals surface area contributed by atoms with E-state index in [0.717, 1.165) is 5.56 Å². The summed E-state index contributed by atoms with van der Waals surface area (Å²) in [5.74, 6) is 0.560. The third-order valence-electron chi connectivity index (χ3n) is 4.56. The van der Waals surface area contributed by atoms with Crippen LogP contribution in [0.3, 0.4) is 0 Å². The van der Waals surface area contributed by atoms with E-state index in [9.17, 15) is 0 Å². The fraction of sp³-hybridized carbons (Fsp3) is 0.600. The number of fused-ring (bicyclic) bond motifs is 3. The SMILES string of the molecule is CO[C@H]1O[C@@H]2CO[C@H](c3ccccc3)O[C@H]2[C@@H]2[C@H](N)[C@H]12. The van der Waals surface area contributed by atoms with Gasteiger partial charge in [-0.05, 0) is 0 Å². The molecule has 2 aliphatic heterocycles. The molecule has 1 aliphatic carbocycles. The van der Waals surface area contributed by atoms with Gasteiger partial charge in [-0.25, -0.2) is 0 Å². The molecule has 3 fully saturated rings. The van der Waals surface area contributed by atoms with Crippen molar-refractivity contribution in [2.24, 2.45) is 17.6 Å². The van der Waals surface area contributed by atoms with E-state index in [-0.39, 0.29) is 36.7 Å². The van der Waals surface area contributed by atoms with E-state index in [1.807, 2.05) is 30.3 Å². The summed E-state index contributed by atoms with van der Waals surface area (Å²) < 4.78 is 23.2. The number of nitrogens with two attached hydrogens (primary N) is 1. The summed E-state index contributed by atoms with van der Waals surface area (Å²) in [7, 11) is 1.66. The molecule has 4 rings (SSSR count). The molecule has 0 radical (unpaired) electrons. The van der Waals surface area contributed by atoms with E-state index in [1.165, 1.54) is 0 Å². The molecule has 2 N–H and O–H groups in total. The Hall–Kier alpha value is -0.980. The molecule has 3 aliphatic rings. The molecule has 20 heavy (non-hydrogen) atoms. The van der Waals surface area contributed by atoms with Crippen molar-refractivity contribution in [2.75, 3.05) is 13.7 Å². The monoisotopic (exact) mass is 277 g/mol. The molecule has 0 spiro atoms. The van der Waals surface area contributed by atoms with E-state index < -0.39 is 0 Å². The van der Waals surface area contributed by atoms with Crippen LogP contribution in [0.25, 0.3) is 0 Å². The molecule has 5 nitrogen and oxygen atoms in total. The highest BCUT2D eigenvalue weighted by Gasteiger charge is 2.64. The van der Waals surface area contributed by atoms with E-state index in [4.69, 9.17) is 24.7 Å². The highest BCUT2D eigenvalue weighted by Crippen LogP contribution is 2.52. The van der Waals surface area contributed by atoms with Gasteiger partial charge in [0.05, 0.1) is 12.7 Å². The molecule has 2 heterocycles. The Morgan fingerprint density at radius 3 is 2.70 bits per heavy atom. The summed E-state index contributed by atoms with van der Waals surface area (Å²) >= 11 is 0. The molecular formula is C15H19NO4. The second-order valence-corrected chi connectivity index (χ2v) is 5.69. The average molecular weight is 277 g/mol. The van der Waals surface area contributed by atoms with Crippen LogP contribution in [0.1, 0.15) is 11.9 Å². The van der Waals surface area contributed by atoms with E-state index >= 15 is 0 Å². The molecule has 1 saturated carbocycles. The molecule has 7 atom stereocenters. The first-order valence-electron chi connectivity index (χ1n) is 7.05. The van der Waals surface area contributed by atoms with Crippen molar-refractivity contribution < 1.29 is 18.9 Å². The van der Waals surface area contributed by atoms with Crippen LogP contribution in [0.2, 0.25) is 0 Å². The minimum absolute atomic E-state index is 0.000330. The first kappa shape index (κ1) is 12.7. The van der Waals surface area contributed by atoms with Crippen molar-refractivity contribution in [1.82, 2.24) is 0 Å². The van der Waals surface area contributed by atoms with Crippen LogP contribution in [0, 0.1) is 11.8 Å². The smallest absolute Gasteiger partial charge is 0.184 e. The van der Waals surface area contributed by atoms with Crippen LogP contribution in [-0.2, 0) is 18.9 Å². The van der Waals surface area contributed by atoms with Crippen molar-refractivity contribution in [3.8, 4) is 0 Å². The molecule has 0 amide bonds. The second kappa shape index (κ2) is 4.79. The lowest BCUT2D eigenvalue weighted by molar-refractivity contribution is -0.316. The maximum atomic E-state index is 6.15. The summed E-state index contributed by atoms with van der Waals surface area (Å²) in [5, 5.41) is 0. The normalized spacial score (nSPS) is 46.4. The molecule has 108 valence electrons. The summed E-state index contributed by atoms with van der Waals surface area (Å²) in [6.45, 7) is 0.514. The van der Waals surface area contributed by atoms with Crippen molar-refractivity contribution in [1.29, 1.82) is 0 Å². The standard InChI is InChI=1S/C15H19NO4/c1-17-15-11-10(12(11)16)13-9(19-15)7-18-14(20-13)8-5-3-2-4-6-8/h2-6,9-15H,7,16H2,1H3/t9-,10+,11-,12+,13-,14+,15+/m1/s1. The van der Waals surface area contributed by atoms with Crippen LogP contribution in [0.4, 0.5) is 0 Å². The molecule has 1 aromatic rings. The Labute approximate surface area is 117 Å². The number of benzene rings is 1. The fourth-order valence-electron chi connectivity index (χ4n) is 3.45. The lowest BCUT2D eigenvalue weighted by atomic mass is 10.0. The van der Waals surface area contributed by atoms with Gasteiger partial charge in [-0.3, -0.25) is 0 Å². The summed E-state index contributed by atoms with van der Waals surface area (Å²) in [5.41, 5.74) is 7.18. The van der Waals surface area contributed by atoms with Crippen molar-refractivity contribution in [3.05, 3.63) is 35.9 Å². The van der Waals surface area contributed by atoms with Crippen molar-refractivity contribution in [2.45, 2.75) is 30.8 Å². The van der Waals surface area contributed by atoms with Crippen LogP contribution < -0.4 is 5.73 Å². The predicted octanol–water partition coefficient (Wildman–Crippen LogP) is 1.05. The maximum Gasteiger partial charge on any atom is 0.184 e. The minimum atomic E-state index is -0.325. The number of ether oxygens (including phenoxy) is 4. The van der Waals surface area contributed by atoms with Gasteiger partial charge in [0.15, 0.2) is 12.6 Å². The number of hydrogen-bond donors (Lipinski definition) is 1. The van der Waals surface area contributed by atoms with Gasteiger partial charge in [0.2, 0.25) is 0 Å². The summed E-state index contributed by atoms with van der Waals surface area (Å²) in [6.07, 6.45) is -0.639. The Morgan fingerprint density at radius 2 is 1.95 bits per heavy atom. The van der Waals surface area contributed by atoms with E-state index in [1.54, 1.807) is 7.11 Å². The minimum Gasteiger partial charge on any atom is -0.356 e. The highest BCUT2D eigenvalue weighted by molar-refractivity contribution is 5.18. The number of rotatable bonds is 2. The first-order valence-corrected chi connectivity index (χ1v) is 7.05. The van der Waals surface area contributed by atoms with Gasteiger partial charge < -0.3 is 24.7 Å². The van der Waals surface area contributed by atoms with E-state index in [2.05, 4.69) is 0 Å². The Kier molecular flexibility index (Phi) is 3.05. The fourth-order valence-corrected chi connectivity index (χ4v) is 3.45. The largest absolute Gasteiger partial charge is 0.356 e. The quantitative estimate of drug-likeness (QED) is 0.875. The molecule has 0 bridgehead atoms. The molecular weight excluding hydrogens is 258 g/mol. The van der Waals surface area contributed by atoms with Crippen LogP contribution in [0.15, 0.2) is 30.3 Å². The molecule has 0 aromatic heterocycles.